The van der Waals surface area contributed by atoms with Crippen molar-refractivity contribution in [3.8, 4) is 0 Å². The van der Waals surface area contributed by atoms with Gasteiger partial charge in [-0.25, -0.2) is 0 Å². The zero-order valence-corrected chi connectivity index (χ0v) is 9.66. The predicted octanol–water partition coefficient (Wildman–Crippen LogP) is 0.976. The van der Waals surface area contributed by atoms with E-state index in [4.69, 9.17) is 5.11 Å². The molecule has 88 valence electrons. The summed E-state index contributed by atoms with van der Waals surface area (Å²) in [6.45, 7) is 5.83. The number of nitrogens with zero attached hydrogens (tertiary/aromatic N) is 2. The van der Waals surface area contributed by atoms with Crippen LogP contribution in [-0.4, -0.2) is 39.3 Å². The number of nitrogens with one attached hydrogen (secondary N) is 1. The van der Waals surface area contributed by atoms with Crippen molar-refractivity contribution >= 4 is 5.97 Å². The Hall–Kier alpha value is -1.36. The first-order valence-electron chi connectivity index (χ1n) is 5.58. The summed E-state index contributed by atoms with van der Waals surface area (Å²) < 4.78 is 0. The van der Waals surface area contributed by atoms with E-state index in [1.807, 2.05) is 4.90 Å². The van der Waals surface area contributed by atoms with Crippen molar-refractivity contribution in [2.24, 2.45) is 0 Å². The first-order valence-corrected chi connectivity index (χ1v) is 5.58. The number of aromatic nitrogens is 2. The zero-order chi connectivity index (χ0) is 11.7. The van der Waals surface area contributed by atoms with Gasteiger partial charge in [0.15, 0.2) is 0 Å². The van der Waals surface area contributed by atoms with Gasteiger partial charge in [0.25, 0.3) is 0 Å². The van der Waals surface area contributed by atoms with Gasteiger partial charge in [-0.15, -0.1) is 0 Å². The quantitative estimate of drug-likeness (QED) is 0.801. The second kappa shape index (κ2) is 4.25. The monoisotopic (exact) mass is 223 g/mol. The van der Waals surface area contributed by atoms with Crippen LogP contribution in [0.3, 0.4) is 0 Å². The van der Waals surface area contributed by atoms with E-state index in [-0.39, 0.29) is 6.54 Å². The van der Waals surface area contributed by atoms with Crippen molar-refractivity contribution in [2.75, 3.05) is 13.1 Å². The normalized spacial score (nSPS) is 16.4. The third-order valence-corrected chi connectivity index (χ3v) is 2.95. The molecule has 0 radical (unpaired) electrons. The third kappa shape index (κ3) is 2.09. The molecule has 1 aliphatic rings. The molecule has 16 heavy (non-hydrogen) atoms. The Morgan fingerprint density at radius 1 is 1.62 bits per heavy atom. The lowest BCUT2D eigenvalue weighted by Crippen LogP contribution is -2.34. The molecular formula is C11H17N3O2. The van der Waals surface area contributed by atoms with Crippen molar-refractivity contribution in [1.82, 2.24) is 15.1 Å². The van der Waals surface area contributed by atoms with Crippen LogP contribution >= 0.6 is 0 Å². The fourth-order valence-electron chi connectivity index (χ4n) is 2.20. The van der Waals surface area contributed by atoms with Gasteiger partial charge in [-0.05, 0) is 17.9 Å². The molecule has 0 unspecified atom stereocenters. The lowest BCUT2D eigenvalue weighted by atomic mass is 9.98. The molecule has 0 amide bonds. The number of carboxylic acids is 1. The van der Waals surface area contributed by atoms with Crippen LogP contribution in [0.2, 0.25) is 0 Å². The minimum absolute atomic E-state index is 0.107. The number of hydrogen-bond donors (Lipinski definition) is 2. The van der Waals surface area contributed by atoms with Gasteiger partial charge < -0.3 is 5.11 Å². The fraction of sp³-hybridized carbons (Fsp3) is 0.636. The molecule has 0 aliphatic carbocycles. The lowest BCUT2D eigenvalue weighted by molar-refractivity contribution is -0.138. The Morgan fingerprint density at radius 2 is 2.38 bits per heavy atom. The van der Waals surface area contributed by atoms with E-state index in [2.05, 4.69) is 24.0 Å². The van der Waals surface area contributed by atoms with Crippen LogP contribution in [0.1, 0.15) is 36.7 Å². The molecule has 2 N–H and O–H groups in total. The van der Waals surface area contributed by atoms with Gasteiger partial charge >= 0.3 is 5.97 Å². The molecule has 0 fully saturated rings. The van der Waals surface area contributed by atoms with E-state index in [0.29, 0.717) is 12.5 Å². The van der Waals surface area contributed by atoms with Crippen LogP contribution in [0.4, 0.5) is 0 Å². The van der Waals surface area contributed by atoms with Gasteiger partial charge in [-0.1, -0.05) is 13.8 Å². The Kier molecular flexibility index (Phi) is 2.96. The summed E-state index contributed by atoms with van der Waals surface area (Å²) in [6, 6.07) is 0. The van der Waals surface area contributed by atoms with E-state index < -0.39 is 5.97 Å². The predicted molar refractivity (Wildman–Crippen MR) is 59.3 cm³/mol. The fourth-order valence-corrected chi connectivity index (χ4v) is 2.20. The van der Waals surface area contributed by atoms with Gasteiger partial charge in [0.1, 0.15) is 0 Å². The van der Waals surface area contributed by atoms with E-state index in [1.54, 1.807) is 0 Å². The van der Waals surface area contributed by atoms with Gasteiger partial charge in [0.05, 0.1) is 17.9 Å². The van der Waals surface area contributed by atoms with E-state index in [9.17, 15) is 4.79 Å². The van der Waals surface area contributed by atoms with Crippen molar-refractivity contribution in [3.05, 3.63) is 17.0 Å². The summed E-state index contributed by atoms with van der Waals surface area (Å²) >= 11 is 0. The number of rotatable bonds is 3. The highest BCUT2D eigenvalue weighted by Gasteiger charge is 2.23. The average molecular weight is 223 g/mol. The topological polar surface area (TPSA) is 69.2 Å². The molecule has 1 aromatic rings. The summed E-state index contributed by atoms with van der Waals surface area (Å²) in [7, 11) is 0. The number of carbonyl (C=O) groups is 1. The van der Waals surface area contributed by atoms with Crippen molar-refractivity contribution in [1.29, 1.82) is 0 Å². The molecule has 0 bridgehead atoms. The molecular weight excluding hydrogens is 206 g/mol. The van der Waals surface area contributed by atoms with Crippen LogP contribution in [0.15, 0.2) is 0 Å². The SMILES string of the molecule is CC(C)c1n[nH]c2c1CCN(CC(=O)O)C2. The van der Waals surface area contributed by atoms with Crippen LogP contribution < -0.4 is 0 Å². The average Bonchev–Trinajstić information content (AvgIpc) is 2.59. The smallest absolute Gasteiger partial charge is 0.317 e. The lowest BCUT2D eigenvalue weighted by Gasteiger charge is -2.25. The maximum Gasteiger partial charge on any atom is 0.317 e. The first-order chi connectivity index (χ1) is 7.58. The number of fused-ring (bicyclic) bond motifs is 1. The van der Waals surface area contributed by atoms with Crippen molar-refractivity contribution in [3.63, 3.8) is 0 Å². The first kappa shape index (κ1) is 11.1. The molecule has 0 atom stereocenters. The third-order valence-electron chi connectivity index (χ3n) is 2.95. The summed E-state index contributed by atoms with van der Waals surface area (Å²) in [5, 5.41) is 16.1. The number of hydrogen-bond acceptors (Lipinski definition) is 3. The number of aromatic amines is 1. The second-order valence-corrected chi connectivity index (χ2v) is 4.58. The molecule has 2 rings (SSSR count). The minimum Gasteiger partial charge on any atom is -0.480 e. The molecule has 0 saturated carbocycles. The molecule has 1 aromatic heterocycles. The summed E-state index contributed by atoms with van der Waals surface area (Å²) in [6.07, 6.45) is 0.895. The summed E-state index contributed by atoms with van der Waals surface area (Å²) in [4.78, 5) is 12.5. The zero-order valence-electron chi connectivity index (χ0n) is 9.66. The highest BCUT2D eigenvalue weighted by Crippen LogP contribution is 2.24. The second-order valence-electron chi connectivity index (χ2n) is 4.58. The van der Waals surface area contributed by atoms with Gasteiger partial charge in [-0.3, -0.25) is 14.8 Å². The van der Waals surface area contributed by atoms with Crippen LogP contribution in [0.5, 0.6) is 0 Å². The molecule has 2 heterocycles. The largest absolute Gasteiger partial charge is 0.480 e. The summed E-state index contributed by atoms with van der Waals surface area (Å²) in [5.41, 5.74) is 3.50. The Labute approximate surface area is 94.5 Å². The number of H-pyrrole nitrogens is 1. The van der Waals surface area contributed by atoms with Gasteiger partial charge in [0.2, 0.25) is 0 Å². The van der Waals surface area contributed by atoms with E-state index >= 15 is 0 Å². The van der Waals surface area contributed by atoms with Crippen molar-refractivity contribution < 1.29 is 9.90 Å². The van der Waals surface area contributed by atoms with Gasteiger partial charge in [-0.2, -0.15) is 5.10 Å². The van der Waals surface area contributed by atoms with Crippen LogP contribution in [0.25, 0.3) is 0 Å². The molecule has 0 spiro atoms. The number of carboxylic acid groups (broad SMARTS) is 1. The van der Waals surface area contributed by atoms with Gasteiger partial charge in [0, 0.05) is 13.1 Å². The molecule has 0 saturated heterocycles. The maximum atomic E-state index is 10.6. The number of aliphatic carboxylic acids is 1. The molecule has 1 aliphatic heterocycles. The van der Waals surface area contributed by atoms with Crippen molar-refractivity contribution in [2.45, 2.75) is 32.7 Å². The molecule has 5 nitrogen and oxygen atoms in total. The van der Waals surface area contributed by atoms with E-state index in [1.165, 1.54) is 5.56 Å². The highest BCUT2D eigenvalue weighted by molar-refractivity contribution is 5.69. The Balaban J connectivity index is 2.13. The van der Waals surface area contributed by atoms with Crippen LogP contribution in [-0.2, 0) is 17.8 Å². The maximum absolute atomic E-state index is 10.6. The highest BCUT2D eigenvalue weighted by atomic mass is 16.4. The van der Waals surface area contributed by atoms with E-state index in [0.717, 1.165) is 24.4 Å². The standard InChI is InChI=1S/C11H17N3O2/c1-7(2)11-8-3-4-14(6-10(15)16)5-9(8)12-13-11/h7H,3-6H2,1-2H3,(H,12,13)(H,15,16). The molecule has 5 heteroatoms. The van der Waals surface area contributed by atoms with Crippen LogP contribution in [0, 0.1) is 0 Å². The molecule has 0 aromatic carbocycles. The minimum atomic E-state index is -0.771. The Morgan fingerprint density at radius 3 is 3.00 bits per heavy atom. The summed E-state index contributed by atoms with van der Waals surface area (Å²) in [5.74, 6) is -0.349. The Bertz CT molecular complexity index is 398.